The van der Waals surface area contributed by atoms with Crippen molar-refractivity contribution in [3.8, 4) is 0 Å². The zero-order valence-electron chi connectivity index (χ0n) is 17.1. The summed E-state index contributed by atoms with van der Waals surface area (Å²) < 4.78 is 0.742. The number of benzene rings is 1. The minimum absolute atomic E-state index is 0.0817. The third-order valence-corrected chi connectivity index (χ3v) is 7.38. The van der Waals surface area contributed by atoms with Gasteiger partial charge in [-0.25, -0.2) is 9.78 Å². The molecule has 0 spiro atoms. The van der Waals surface area contributed by atoms with E-state index in [9.17, 15) is 14.7 Å². The molecule has 2 unspecified atom stereocenters. The molecule has 30 heavy (non-hydrogen) atoms. The van der Waals surface area contributed by atoms with Gasteiger partial charge in [0.15, 0.2) is 10.0 Å². The standard InChI is InChI=1S/C22H28N2O4S2/c1-2-3-6-19(25)15-8-10-17(11-9-15)24-16(5-4-7-20(24)26)12-13-29-22-23-18(14-30-22)21(27)28/h8-11,14,16,19,25H,2-7,12-13H2,1H3,(H,27,28). The number of piperidine rings is 1. The molecule has 1 aromatic carbocycles. The number of hydrogen-bond donors (Lipinski definition) is 2. The van der Waals surface area contributed by atoms with Gasteiger partial charge in [0.05, 0.1) is 6.10 Å². The number of aliphatic hydroxyl groups is 1. The first kappa shape index (κ1) is 22.8. The van der Waals surface area contributed by atoms with Crippen molar-refractivity contribution in [1.29, 1.82) is 0 Å². The van der Waals surface area contributed by atoms with E-state index in [-0.39, 0.29) is 17.6 Å². The number of carboxylic acids is 1. The van der Waals surface area contributed by atoms with Gasteiger partial charge in [0.2, 0.25) is 5.91 Å². The Labute approximate surface area is 185 Å². The molecule has 8 heteroatoms. The normalized spacial score (nSPS) is 17.9. The summed E-state index contributed by atoms with van der Waals surface area (Å²) in [4.78, 5) is 29.6. The number of hydrogen-bond acceptors (Lipinski definition) is 6. The lowest BCUT2D eigenvalue weighted by molar-refractivity contribution is -0.120. The van der Waals surface area contributed by atoms with E-state index in [0.29, 0.717) is 6.42 Å². The summed E-state index contributed by atoms with van der Waals surface area (Å²) in [6.07, 6.45) is 5.54. The number of nitrogens with zero attached hydrogens (tertiary/aromatic N) is 2. The van der Waals surface area contributed by atoms with Crippen LogP contribution in [0.1, 0.15) is 74.0 Å². The fraction of sp³-hybridized carbons (Fsp3) is 0.500. The first-order valence-electron chi connectivity index (χ1n) is 10.4. The van der Waals surface area contributed by atoms with Crippen molar-refractivity contribution in [2.24, 2.45) is 0 Å². The van der Waals surface area contributed by atoms with E-state index in [1.807, 2.05) is 29.2 Å². The summed E-state index contributed by atoms with van der Waals surface area (Å²) >= 11 is 2.88. The van der Waals surface area contributed by atoms with Gasteiger partial charge in [-0.1, -0.05) is 43.7 Å². The number of aromatic carboxylic acids is 1. The van der Waals surface area contributed by atoms with Gasteiger partial charge in [0.25, 0.3) is 0 Å². The Morgan fingerprint density at radius 1 is 1.37 bits per heavy atom. The Hall–Kier alpha value is -1.90. The molecule has 1 aliphatic heterocycles. The van der Waals surface area contributed by atoms with Crippen LogP contribution < -0.4 is 4.90 Å². The van der Waals surface area contributed by atoms with Gasteiger partial charge in [0.1, 0.15) is 0 Å². The number of carbonyl (C=O) groups excluding carboxylic acids is 1. The van der Waals surface area contributed by atoms with Crippen LogP contribution in [0.2, 0.25) is 0 Å². The molecule has 1 fully saturated rings. The maximum absolute atomic E-state index is 12.7. The van der Waals surface area contributed by atoms with E-state index in [0.717, 1.165) is 59.9 Å². The first-order valence-corrected chi connectivity index (χ1v) is 12.3. The van der Waals surface area contributed by atoms with Crippen LogP contribution in [0.15, 0.2) is 34.0 Å². The number of carbonyl (C=O) groups is 2. The summed E-state index contributed by atoms with van der Waals surface area (Å²) in [6.45, 7) is 2.11. The largest absolute Gasteiger partial charge is 0.476 e. The van der Waals surface area contributed by atoms with Gasteiger partial charge < -0.3 is 15.1 Å². The molecule has 0 saturated carbocycles. The molecule has 2 heterocycles. The van der Waals surface area contributed by atoms with E-state index in [2.05, 4.69) is 11.9 Å². The van der Waals surface area contributed by atoms with Gasteiger partial charge in [-0.15, -0.1) is 11.3 Å². The van der Waals surface area contributed by atoms with Crippen molar-refractivity contribution in [3.63, 3.8) is 0 Å². The highest BCUT2D eigenvalue weighted by Crippen LogP contribution is 2.31. The Balaban J connectivity index is 1.62. The van der Waals surface area contributed by atoms with E-state index in [4.69, 9.17) is 5.11 Å². The molecule has 162 valence electrons. The minimum atomic E-state index is -1.01. The van der Waals surface area contributed by atoms with Crippen LogP contribution in [-0.2, 0) is 4.79 Å². The molecule has 2 atom stereocenters. The first-order chi connectivity index (χ1) is 14.5. The monoisotopic (exact) mass is 448 g/mol. The maximum atomic E-state index is 12.7. The highest BCUT2D eigenvalue weighted by molar-refractivity contribution is 8.01. The lowest BCUT2D eigenvalue weighted by atomic mass is 9.97. The smallest absolute Gasteiger partial charge is 0.355 e. The van der Waals surface area contributed by atoms with Crippen LogP contribution in [0.5, 0.6) is 0 Å². The van der Waals surface area contributed by atoms with E-state index in [1.54, 1.807) is 5.38 Å². The summed E-state index contributed by atoms with van der Waals surface area (Å²) in [6, 6.07) is 7.84. The summed E-state index contributed by atoms with van der Waals surface area (Å²) in [7, 11) is 0. The number of unbranched alkanes of at least 4 members (excludes halogenated alkanes) is 1. The Bertz CT molecular complexity index is 853. The Kier molecular flexibility index (Phi) is 8.30. The average molecular weight is 449 g/mol. The number of aromatic nitrogens is 1. The quantitative estimate of drug-likeness (QED) is 0.490. The molecule has 6 nitrogen and oxygen atoms in total. The Morgan fingerprint density at radius 2 is 2.13 bits per heavy atom. The van der Waals surface area contributed by atoms with Crippen LogP contribution >= 0.6 is 23.1 Å². The van der Waals surface area contributed by atoms with E-state index >= 15 is 0 Å². The zero-order chi connectivity index (χ0) is 21.5. The van der Waals surface area contributed by atoms with Gasteiger partial charge >= 0.3 is 5.97 Å². The SMILES string of the molecule is CCCCC(O)c1ccc(N2C(=O)CCCC2CCSc2nc(C(=O)O)cs2)cc1. The summed E-state index contributed by atoms with van der Waals surface area (Å²) in [5, 5.41) is 20.8. The van der Waals surface area contributed by atoms with Crippen molar-refractivity contribution >= 4 is 40.7 Å². The second-order valence-electron chi connectivity index (χ2n) is 7.50. The van der Waals surface area contributed by atoms with E-state index < -0.39 is 12.1 Å². The number of aliphatic hydroxyl groups excluding tert-OH is 1. The number of thioether (sulfide) groups is 1. The number of carboxylic acid groups (broad SMARTS) is 1. The maximum Gasteiger partial charge on any atom is 0.355 e. The molecule has 3 rings (SSSR count). The fourth-order valence-corrected chi connectivity index (χ4v) is 5.61. The number of thiazole rings is 1. The topological polar surface area (TPSA) is 90.7 Å². The molecule has 0 radical (unpaired) electrons. The van der Waals surface area contributed by atoms with Crippen molar-refractivity contribution in [3.05, 3.63) is 40.9 Å². The minimum Gasteiger partial charge on any atom is -0.476 e. The lowest BCUT2D eigenvalue weighted by Gasteiger charge is -2.36. The van der Waals surface area contributed by atoms with Gasteiger partial charge in [-0.05, 0) is 43.4 Å². The molecule has 2 N–H and O–H groups in total. The second kappa shape index (κ2) is 10.9. The molecule has 1 amide bonds. The molecule has 1 aliphatic rings. The van der Waals surface area contributed by atoms with Crippen molar-refractivity contribution in [1.82, 2.24) is 4.98 Å². The van der Waals surface area contributed by atoms with Crippen LogP contribution in [0, 0.1) is 0 Å². The third kappa shape index (κ3) is 5.83. The van der Waals surface area contributed by atoms with Crippen molar-refractivity contribution in [2.45, 2.75) is 68.4 Å². The van der Waals surface area contributed by atoms with Crippen molar-refractivity contribution < 1.29 is 19.8 Å². The molecule has 1 saturated heterocycles. The molecular weight excluding hydrogens is 420 g/mol. The predicted molar refractivity (Wildman–Crippen MR) is 120 cm³/mol. The number of anilines is 1. The molecule has 1 aromatic heterocycles. The fourth-order valence-electron chi connectivity index (χ4n) is 3.70. The highest BCUT2D eigenvalue weighted by Gasteiger charge is 2.29. The van der Waals surface area contributed by atoms with Crippen LogP contribution in [0.25, 0.3) is 0 Å². The van der Waals surface area contributed by atoms with Crippen LogP contribution in [0.3, 0.4) is 0 Å². The highest BCUT2D eigenvalue weighted by atomic mass is 32.2. The molecule has 0 aliphatic carbocycles. The summed E-state index contributed by atoms with van der Waals surface area (Å²) in [5.41, 5.74) is 1.85. The summed E-state index contributed by atoms with van der Waals surface area (Å²) in [5.74, 6) is -0.0992. The predicted octanol–water partition coefficient (Wildman–Crippen LogP) is 5.13. The van der Waals surface area contributed by atoms with Crippen LogP contribution in [-0.4, -0.2) is 38.9 Å². The average Bonchev–Trinajstić information content (AvgIpc) is 3.22. The van der Waals surface area contributed by atoms with Crippen molar-refractivity contribution in [2.75, 3.05) is 10.7 Å². The lowest BCUT2D eigenvalue weighted by Crippen LogP contribution is -2.44. The molecular formula is C22H28N2O4S2. The molecule has 2 aromatic rings. The zero-order valence-corrected chi connectivity index (χ0v) is 18.8. The van der Waals surface area contributed by atoms with Gasteiger partial charge in [-0.3, -0.25) is 4.79 Å². The van der Waals surface area contributed by atoms with Gasteiger partial charge in [0, 0.05) is 29.3 Å². The third-order valence-electron chi connectivity index (χ3n) is 5.33. The number of rotatable bonds is 10. The second-order valence-corrected chi connectivity index (χ2v) is 9.70. The number of amides is 1. The Morgan fingerprint density at radius 3 is 2.80 bits per heavy atom. The molecule has 0 bridgehead atoms. The van der Waals surface area contributed by atoms with Crippen LogP contribution in [0.4, 0.5) is 5.69 Å². The van der Waals surface area contributed by atoms with Gasteiger partial charge in [-0.2, -0.15) is 0 Å². The van der Waals surface area contributed by atoms with E-state index in [1.165, 1.54) is 23.1 Å².